The van der Waals surface area contributed by atoms with Crippen LogP contribution in [0.5, 0.6) is 11.5 Å². The number of amides is 1. The molecule has 4 rings (SSSR count). The van der Waals surface area contributed by atoms with Crippen LogP contribution in [0, 0.1) is 0 Å². The highest BCUT2D eigenvalue weighted by Crippen LogP contribution is 2.44. The molecule has 24 heavy (non-hydrogen) atoms. The summed E-state index contributed by atoms with van der Waals surface area (Å²) in [5.41, 5.74) is 0.443. The second-order valence-corrected chi connectivity index (χ2v) is 6.05. The number of aromatic nitrogens is 1. The Balaban J connectivity index is 0.00000169. The van der Waals surface area contributed by atoms with Crippen LogP contribution >= 0.6 is 23.7 Å². The Hall–Kier alpha value is -1.75. The second kappa shape index (κ2) is 6.28. The predicted octanol–water partition coefficient (Wildman–Crippen LogP) is 1.97. The Morgan fingerprint density at radius 2 is 2.12 bits per heavy atom. The number of carbonyl (C=O) groups is 1. The number of thiazole rings is 1. The van der Waals surface area contributed by atoms with Crippen LogP contribution in [0.4, 0.5) is 13.9 Å². The molecule has 1 saturated heterocycles. The van der Waals surface area contributed by atoms with Crippen LogP contribution < -0.4 is 20.1 Å². The number of alkyl halides is 2. The molecular weight excluding hydrogens is 368 g/mol. The van der Waals surface area contributed by atoms with Gasteiger partial charge >= 0.3 is 6.29 Å². The molecule has 2 aliphatic heterocycles. The molecular formula is C13H12ClF2N3O4S. The summed E-state index contributed by atoms with van der Waals surface area (Å²) >= 11 is 1.16. The number of rotatable bonds is 2. The zero-order chi connectivity index (χ0) is 16.0. The van der Waals surface area contributed by atoms with Crippen LogP contribution in [0.3, 0.4) is 0 Å². The van der Waals surface area contributed by atoms with Gasteiger partial charge in [0, 0.05) is 18.7 Å². The fourth-order valence-electron chi connectivity index (χ4n) is 2.35. The smallest absolute Gasteiger partial charge is 0.395 e. The van der Waals surface area contributed by atoms with Gasteiger partial charge in [-0.1, -0.05) is 11.3 Å². The first kappa shape index (κ1) is 17.1. The van der Waals surface area contributed by atoms with Crippen molar-refractivity contribution in [3.63, 3.8) is 0 Å². The molecule has 7 nitrogen and oxygen atoms in total. The Morgan fingerprint density at radius 1 is 1.38 bits per heavy atom. The molecule has 0 bridgehead atoms. The van der Waals surface area contributed by atoms with Gasteiger partial charge in [0.05, 0.1) is 23.4 Å². The predicted molar refractivity (Wildman–Crippen MR) is 84.3 cm³/mol. The fourth-order valence-corrected chi connectivity index (χ4v) is 3.23. The normalized spacial score (nSPS) is 21.3. The molecule has 2 aliphatic rings. The summed E-state index contributed by atoms with van der Waals surface area (Å²) in [4.78, 5) is 16.3. The van der Waals surface area contributed by atoms with Gasteiger partial charge in [0.25, 0.3) is 0 Å². The lowest BCUT2D eigenvalue weighted by Gasteiger charge is -2.22. The van der Waals surface area contributed by atoms with E-state index in [1.54, 1.807) is 0 Å². The van der Waals surface area contributed by atoms with Crippen molar-refractivity contribution < 1.29 is 27.8 Å². The molecule has 0 aliphatic carbocycles. The van der Waals surface area contributed by atoms with Crippen molar-refractivity contribution in [2.75, 3.05) is 25.1 Å². The van der Waals surface area contributed by atoms with E-state index in [0.717, 1.165) is 11.3 Å². The minimum absolute atomic E-state index is 0. The van der Waals surface area contributed by atoms with Crippen molar-refractivity contribution in [2.45, 2.75) is 12.3 Å². The van der Waals surface area contributed by atoms with E-state index < -0.39 is 12.3 Å². The van der Waals surface area contributed by atoms with Crippen LogP contribution in [0.25, 0.3) is 10.2 Å². The van der Waals surface area contributed by atoms with Crippen molar-refractivity contribution >= 4 is 45.0 Å². The second-order valence-electron chi connectivity index (χ2n) is 5.02. The Morgan fingerprint density at radius 3 is 2.83 bits per heavy atom. The number of morpholine rings is 1. The van der Waals surface area contributed by atoms with Gasteiger partial charge in [-0.05, 0) is 0 Å². The third-order valence-corrected chi connectivity index (χ3v) is 4.31. The maximum atomic E-state index is 13.0. The van der Waals surface area contributed by atoms with Gasteiger partial charge in [-0.15, -0.1) is 21.2 Å². The van der Waals surface area contributed by atoms with E-state index in [0.29, 0.717) is 35.1 Å². The van der Waals surface area contributed by atoms with Crippen LogP contribution in [0.2, 0.25) is 0 Å². The summed E-state index contributed by atoms with van der Waals surface area (Å²) in [6.45, 7) is 1.47. The number of benzene rings is 1. The number of fused-ring (bicyclic) bond motifs is 2. The fraction of sp³-hybridized carbons (Fsp3) is 0.385. The highest BCUT2D eigenvalue weighted by Gasteiger charge is 2.43. The summed E-state index contributed by atoms with van der Waals surface area (Å²) in [7, 11) is 0. The summed E-state index contributed by atoms with van der Waals surface area (Å²) < 4.78 is 40.6. The van der Waals surface area contributed by atoms with Gasteiger partial charge in [0.15, 0.2) is 16.6 Å². The van der Waals surface area contributed by atoms with E-state index in [1.165, 1.54) is 12.1 Å². The maximum absolute atomic E-state index is 13.0. The molecule has 1 amide bonds. The van der Waals surface area contributed by atoms with E-state index in [2.05, 4.69) is 25.1 Å². The van der Waals surface area contributed by atoms with Gasteiger partial charge in [0.1, 0.15) is 6.04 Å². The highest BCUT2D eigenvalue weighted by atomic mass is 35.5. The van der Waals surface area contributed by atoms with E-state index in [4.69, 9.17) is 4.74 Å². The first-order valence-corrected chi connectivity index (χ1v) is 7.64. The lowest BCUT2D eigenvalue weighted by atomic mass is 10.2. The number of hydrogen-bond donors (Lipinski definition) is 2. The molecule has 0 saturated carbocycles. The van der Waals surface area contributed by atoms with Crippen molar-refractivity contribution in [2.24, 2.45) is 0 Å². The molecule has 3 heterocycles. The van der Waals surface area contributed by atoms with E-state index in [9.17, 15) is 13.6 Å². The van der Waals surface area contributed by atoms with Gasteiger partial charge < -0.3 is 24.8 Å². The monoisotopic (exact) mass is 379 g/mol. The zero-order valence-electron chi connectivity index (χ0n) is 12.0. The first-order chi connectivity index (χ1) is 11.0. The van der Waals surface area contributed by atoms with Crippen LogP contribution in [0.15, 0.2) is 12.1 Å². The van der Waals surface area contributed by atoms with E-state index >= 15 is 0 Å². The lowest BCUT2D eigenvalue weighted by Crippen LogP contribution is -2.48. The lowest BCUT2D eigenvalue weighted by molar-refractivity contribution is -0.286. The summed E-state index contributed by atoms with van der Waals surface area (Å²) in [5.74, 6) is -0.380. The largest absolute Gasteiger partial charge is 0.586 e. The van der Waals surface area contributed by atoms with Crippen LogP contribution in [0.1, 0.15) is 0 Å². The van der Waals surface area contributed by atoms with Gasteiger partial charge in [0.2, 0.25) is 5.91 Å². The van der Waals surface area contributed by atoms with Crippen molar-refractivity contribution in [1.29, 1.82) is 0 Å². The number of anilines is 1. The minimum Gasteiger partial charge on any atom is -0.395 e. The third kappa shape index (κ3) is 3.22. The zero-order valence-corrected chi connectivity index (χ0v) is 13.6. The molecule has 1 aromatic heterocycles. The number of ether oxygens (including phenoxy) is 3. The maximum Gasteiger partial charge on any atom is 0.586 e. The van der Waals surface area contributed by atoms with E-state index in [1.807, 2.05) is 0 Å². The molecule has 1 aromatic carbocycles. The molecule has 0 radical (unpaired) electrons. The standard InChI is InChI=1S/C13H11F2N3O4S.ClH/c14-13(15)21-8-3-6-10(4-9(8)22-13)23-12(17-6)18-11(19)7-5-20-2-1-16-7;/h3-4,7,16H,1-2,5H2,(H,17,18,19);1H. The van der Waals surface area contributed by atoms with Gasteiger partial charge in [-0.3, -0.25) is 4.79 Å². The summed E-state index contributed by atoms with van der Waals surface area (Å²) in [6, 6.07) is 2.34. The van der Waals surface area contributed by atoms with Crippen LogP contribution in [-0.4, -0.2) is 43.0 Å². The average molecular weight is 380 g/mol. The van der Waals surface area contributed by atoms with Gasteiger partial charge in [-0.25, -0.2) is 4.98 Å². The molecule has 0 spiro atoms. The molecule has 1 atom stereocenters. The minimum atomic E-state index is -3.66. The number of nitrogens with zero attached hydrogens (tertiary/aromatic N) is 1. The Labute approximate surface area is 144 Å². The van der Waals surface area contributed by atoms with Gasteiger partial charge in [-0.2, -0.15) is 0 Å². The molecule has 11 heteroatoms. The number of hydrogen-bond acceptors (Lipinski definition) is 7. The molecule has 1 fully saturated rings. The van der Waals surface area contributed by atoms with E-state index in [-0.39, 0.29) is 29.8 Å². The molecule has 2 aromatic rings. The molecule has 2 N–H and O–H groups in total. The molecule has 1 unspecified atom stereocenters. The Bertz CT molecular complexity index is 737. The van der Waals surface area contributed by atoms with Crippen molar-refractivity contribution in [3.05, 3.63) is 12.1 Å². The molecule has 130 valence electrons. The SMILES string of the molecule is Cl.O=C(Nc1nc2cc3c(cc2s1)OC(F)(F)O3)C1COCCN1. The topological polar surface area (TPSA) is 81.7 Å². The Kier molecular flexibility index (Phi) is 4.47. The number of carbonyl (C=O) groups excluding carboxylic acids is 1. The van der Waals surface area contributed by atoms with Crippen molar-refractivity contribution in [1.82, 2.24) is 10.3 Å². The summed E-state index contributed by atoms with van der Waals surface area (Å²) in [5, 5.41) is 6.09. The first-order valence-electron chi connectivity index (χ1n) is 6.83. The number of halogens is 3. The van der Waals surface area contributed by atoms with Crippen molar-refractivity contribution in [3.8, 4) is 11.5 Å². The quantitative estimate of drug-likeness (QED) is 0.830. The third-order valence-electron chi connectivity index (χ3n) is 3.38. The van der Waals surface area contributed by atoms with Crippen LogP contribution in [-0.2, 0) is 9.53 Å². The highest BCUT2D eigenvalue weighted by molar-refractivity contribution is 7.22. The average Bonchev–Trinajstić information content (AvgIpc) is 3.02. The summed E-state index contributed by atoms with van der Waals surface area (Å²) in [6.07, 6.45) is -3.66. The number of nitrogens with one attached hydrogen (secondary N) is 2.